The number of rotatable bonds is 13. The molecule has 1 saturated carbocycles. The molecular formula is C39H40N2O7. The molecule has 0 aromatic heterocycles. The monoisotopic (exact) mass is 648 g/mol. The van der Waals surface area contributed by atoms with Gasteiger partial charge in [-0.1, -0.05) is 110 Å². The maximum Gasteiger partial charge on any atom is 0.407 e. The van der Waals surface area contributed by atoms with Crippen LogP contribution in [0.1, 0.15) is 60.3 Å². The van der Waals surface area contributed by atoms with E-state index in [4.69, 9.17) is 14.3 Å². The molecule has 0 spiro atoms. The first kappa shape index (κ1) is 32.8. The van der Waals surface area contributed by atoms with E-state index in [0.717, 1.165) is 47.1 Å². The third kappa shape index (κ3) is 7.69. The van der Waals surface area contributed by atoms with E-state index in [9.17, 15) is 19.5 Å². The van der Waals surface area contributed by atoms with Crippen molar-refractivity contribution in [2.24, 2.45) is 5.41 Å². The molecule has 4 aromatic rings. The molecule has 2 aliphatic carbocycles. The molecule has 2 aliphatic rings. The van der Waals surface area contributed by atoms with Gasteiger partial charge in [0, 0.05) is 18.9 Å². The fourth-order valence-corrected chi connectivity index (χ4v) is 6.69. The number of hydroxylamine groups is 1. The largest absolute Gasteiger partial charge is 0.489 e. The van der Waals surface area contributed by atoms with E-state index in [-0.39, 0.29) is 25.5 Å². The summed E-state index contributed by atoms with van der Waals surface area (Å²) in [5, 5.41) is 12.7. The predicted molar refractivity (Wildman–Crippen MR) is 180 cm³/mol. The molecule has 1 unspecified atom stereocenters. The zero-order chi connectivity index (χ0) is 33.3. The Bertz CT molecular complexity index is 1670. The molecule has 2 amide bonds. The summed E-state index contributed by atoms with van der Waals surface area (Å²) >= 11 is 0. The Morgan fingerprint density at radius 3 is 2.04 bits per heavy atom. The van der Waals surface area contributed by atoms with E-state index in [1.165, 1.54) is 0 Å². The highest BCUT2D eigenvalue weighted by Crippen LogP contribution is 2.44. The number of carboxylic acid groups (broad SMARTS) is 1. The van der Waals surface area contributed by atoms with Crippen molar-refractivity contribution in [2.45, 2.75) is 57.2 Å². The summed E-state index contributed by atoms with van der Waals surface area (Å²) in [6, 6.07) is 33.2. The summed E-state index contributed by atoms with van der Waals surface area (Å²) in [5.74, 6) is -1.06. The zero-order valence-electron chi connectivity index (χ0n) is 26.7. The van der Waals surface area contributed by atoms with Gasteiger partial charge < -0.3 is 19.9 Å². The molecule has 0 aliphatic heterocycles. The van der Waals surface area contributed by atoms with Crippen LogP contribution in [0.4, 0.5) is 4.79 Å². The molecule has 0 saturated heterocycles. The number of alkyl carbamates (subject to hydrolysis) is 1. The molecule has 9 nitrogen and oxygen atoms in total. The van der Waals surface area contributed by atoms with Gasteiger partial charge in [-0.2, -0.15) is 0 Å². The summed E-state index contributed by atoms with van der Waals surface area (Å²) in [7, 11) is 0. The van der Waals surface area contributed by atoms with Gasteiger partial charge in [0.1, 0.15) is 19.0 Å². The van der Waals surface area contributed by atoms with Crippen molar-refractivity contribution in [3.05, 3.63) is 125 Å². The number of carboxylic acids is 1. The fraction of sp³-hybridized carbons (Fsp3) is 0.308. The molecule has 0 bridgehead atoms. The summed E-state index contributed by atoms with van der Waals surface area (Å²) in [6.07, 6.45) is 1.79. The van der Waals surface area contributed by atoms with E-state index < -0.39 is 29.5 Å². The highest BCUT2D eigenvalue weighted by molar-refractivity contribution is 5.83. The lowest BCUT2D eigenvalue weighted by Gasteiger charge is -2.35. The van der Waals surface area contributed by atoms with E-state index in [2.05, 4.69) is 35.1 Å². The molecule has 3 N–H and O–H groups in total. The van der Waals surface area contributed by atoms with Gasteiger partial charge in [0.05, 0.1) is 5.41 Å². The number of carbonyl (C=O) groups is 3. The minimum Gasteiger partial charge on any atom is -0.489 e. The van der Waals surface area contributed by atoms with Gasteiger partial charge in [-0.3, -0.25) is 9.63 Å². The first-order valence-electron chi connectivity index (χ1n) is 16.5. The topological polar surface area (TPSA) is 123 Å². The van der Waals surface area contributed by atoms with Crippen molar-refractivity contribution >= 4 is 18.0 Å². The summed E-state index contributed by atoms with van der Waals surface area (Å²) in [4.78, 5) is 44.1. The van der Waals surface area contributed by atoms with Crippen LogP contribution in [-0.2, 0) is 32.2 Å². The first-order valence-corrected chi connectivity index (χ1v) is 16.5. The van der Waals surface area contributed by atoms with Gasteiger partial charge in [0.2, 0.25) is 0 Å². The van der Waals surface area contributed by atoms with E-state index in [1.807, 2.05) is 54.6 Å². The number of ether oxygens (including phenoxy) is 2. The van der Waals surface area contributed by atoms with Crippen molar-refractivity contribution < 1.29 is 33.8 Å². The Labute approximate surface area is 280 Å². The molecule has 1 atom stereocenters. The van der Waals surface area contributed by atoms with E-state index in [0.29, 0.717) is 30.8 Å². The van der Waals surface area contributed by atoms with Crippen LogP contribution in [0, 0.1) is 5.41 Å². The van der Waals surface area contributed by atoms with Crippen molar-refractivity contribution in [1.82, 2.24) is 10.8 Å². The maximum atomic E-state index is 13.5. The van der Waals surface area contributed by atoms with Crippen molar-refractivity contribution in [3.8, 4) is 16.9 Å². The van der Waals surface area contributed by atoms with Gasteiger partial charge in [0.15, 0.2) is 6.10 Å². The highest BCUT2D eigenvalue weighted by Gasteiger charge is 2.41. The van der Waals surface area contributed by atoms with Crippen LogP contribution >= 0.6 is 0 Å². The summed E-state index contributed by atoms with van der Waals surface area (Å²) in [6.45, 7) is 0.647. The average Bonchev–Trinajstić information content (AvgIpc) is 3.45. The number of amides is 2. The average molecular weight is 649 g/mol. The number of hydrogen-bond donors (Lipinski definition) is 3. The normalized spacial score (nSPS) is 15.4. The lowest BCUT2D eigenvalue weighted by atomic mass is 9.73. The Hall–Kier alpha value is -5.15. The van der Waals surface area contributed by atoms with Crippen LogP contribution in [0.15, 0.2) is 103 Å². The Balaban J connectivity index is 1.02. The quantitative estimate of drug-likeness (QED) is 0.136. The van der Waals surface area contributed by atoms with Crippen molar-refractivity contribution in [3.63, 3.8) is 0 Å². The summed E-state index contributed by atoms with van der Waals surface area (Å²) < 4.78 is 11.5. The molecule has 248 valence electrons. The van der Waals surface area contributed by atoms with Crippen molar-refractivity contribution in [2.75, 3.05) is 13.2 Å². The van der Waals surface area contributed by atoms with Gasteiger partial charge in [-0.15, -0.1) is 0 Å². The van der Waals surface area contributed by atoms with E-state index in [1.54, 1.807) is 24.3 Å². The number of nitrogens with one attached hydrogen (secondary N) is 2. The van der Waals surface area contributed by atoms with Gasteiger partial charge in [-0.05, 0) is 58.4 Å². The molecule has 48 heavy (non-hydrogen) atoms. The smallest absolute Gasteiger partial charge is 0.407 e. The number of fused-ring (bicyclic) bond motifs is 3. The van der Waals surface area contributed by atoms with Crippen LogP contribution < -0.4 is 15.5 Å². The van der Waals surface area contributed by atoms with Crippen LogP contribution in [-0.4, -0.2) is 42.3 Å². The fourth-order valence-electron chi connectivity index (χ4n) is 6.69. The van der Waals surface area contributed by atoms with Crippen molar-refractivity contribution in [1.29, 1.82) is 0 Å². The van der Waals surface area contributed by atoms with Gasteiger partial charge in [-0.25, -0.2) is 15.1 Å². The Morgan fingerprint density at radius 1 is 0.771 bits per heavy atom. The van der Waals surface area contributed by atoms with E-state index >= 15 is 0 Å². The third-order valence-corrected chi connectivity index (χ3v) is 9.37. The standard InChI is InChI=1S/C39H40N2O7/c42-36(43)35(23-27-17-19-29(20-18-27)46-24-28-11-3-1-4-12-28)48-41-37(44)39(21-9-2-10-22-39)26-40-38(45)47-25-34-32-15-7-5-13-30(32)31-14-6-8-16-33(31)34/h1,3-8,11-20,34-35H,2,9-10,21-26H2,(H,40,45)(H,41,44)(H,42,43). The molecule has 6 rings (SSSR count). The number of aliphatic carboxylic acids is 1. The first-order chi connectivity index (χ1) is 23.4. The summed E-state index contributed by atoms with van der Waals surface area (Å²) in [5.41, 5.74) is 7.77. The number of carbonyl (C=O) groups excluding carboxylic acids is 2. The second kappa shape index (κ2) is 15.2. The predicted octanol–water partition coefficient (Wildman–Crippen LogP) is 6.80. The second-order valence-electron chi connectivity index (χ2n) is 12.5. The third-order valence-electron chi connectivity index (χ3n) is 9.37. The maximum absolute atomic E-state index is 13.5. The molecule has 0 radical (unpaired) electrons. The Morgan fingerprint density at radius 2 is 1.40 bits per heavy atom. The molecule has 4 aromatic carbocycles. The number of hydrogen-bond acceptors (Lipinski definition) is 6. The van der Waals surface area contributed by atoms with Crippen LogP contribution in [0.25, 0.3) is 11.1 Å². The highest BCUT2D eigenvalue weighted by atomic mass is 16.7. The van der Waals surface area contributed by atoms with Crippen LogP contribution in [0.2, 0.25) is 0 Å². The van der Waals surface area contributed by atoms with Crippen LogP contribution in [0.3, 0.4) is 0 Å². The minimum absolute atomic E-state index is 0.0412. The van der Waals surface area contributed by atoms with Crippen LogP contribution in [0.5, 0.6) is 5.75 Å². The minimum atomic E-state index is -1.30. The SMILES string of the molecule is O=C(NCC1(C(=O)NOC(Cc2ccc(OCc3ccccc3)cc2)C(=O)O)CCCCC1)OCC1c2ccccc2-c2ccccc21. The molecule has 1 fully saturated rings. The molecule has 9 heteroatoms. The van der Waals surface area contributed by atoms with Gasteiger partial charge >= 0.3 is 12.1 Å². The number of benzene rings is 4. The lowest BCUT2D eigenvalue weighted by Crippen LogP contribution is -2.51. The zero-order valence-corrected chi connectivity index (χ0v) is 26.7. The molecule has 0 heterocycles. The second-order valence-corrected chi connectivity index (χ2v) is 12.5. The molecular weight excluding hydrogens is 608 g/mol. The van der Waals surface area contributed by atoms with Gasteiger partial charge in [0.25, 0.3) is 5.91 Å². The lowest BCUT2D eigenvalue weighted by molar-refractivity contribution is -0.165. The Kier molecular flexibility index (Phi) is 10.4.